The monoisotopic (exact) mass is 141 g/mol. The number of hydrogen-bond acceptors (Lipinski definition) is 3. The summed E-state index contributed by atoms with van der Waals surface area (Å²) in [6.07, 6.45) is 3.83. The number of carbonyl (C=O) groups excluding carboxylic acids is 1. The molecule has 0 bridgehead atoms. The Balaban J connectivity index is 2.33. The molecular weight excluding hydrogens is 132 g/mol. The smallest absolute Gasteiger partial charge is 0.318 e. The van der Waals surface area contributed by atoms with Gasteiger partial charge in [0.1, 0.15) is 6.10 Å². The summed E-state index contributed by atoms with van der Waals surface area (Å²) in [5.74, 6) is -0.333. The summed E-state index contributed by atoms with van der Waals surface area (Å²) in [4.78, 5) is 10.3. The van der Waals surface area contributed by atoms with E-state index in [1.54, 1.807) is 0 Å². The largest absolute Gasteiger partial charge is 0.411 e. The van der Waals surface area contributed by atoms with Gasteiger partial charge in [0.05, 0.1) is 6.42 Å². The van der Waals surface area contributed by atoms with Crippen molar-refractivity contribution < 1.29 is 14.6 Å². The van der Waals surface area contributed by atoms with Crippen molar-refractivity contribution in [3.05, 3.63) is 12.2 Å². The van der Waals surface area contributed by atoms with Gasteiger partial charge in [0, 0.05) is 6.92 Å². The van der Waals surface area contributed by atoms with E-state index in [-0.39, 0.29) is 12.1 Å². The SMILES string of the molecule is CC(=O)O[C@@H]1[C+]=C[C@H](O)C1. The lowest BCUT2D eigenvalue weighted by atomic mass is 10.3. The van der Waals surface area contributed by atoms with E-state index < -0.39 is 6.10 Å². The molecule has 0 heterocycles. The Bertz CT molecular complexity index is 162. The van der Waals surface area contributed by atoms with Gasteiger partial charge >= 0.3 is 12.1 Å². The zero-order chi connectivity index (χ0) is 7.56. The molecule has 1 aliphatic rings. The molecule has 0 spiro atoms. The van der Waals surface area contributed by atoms with Crippen molar-refractivity contribution in [3.63, 3.8) is 0 Å². The summed E-state index contributed by atoms with van der Waals surface area (Å²) >= 11 is 0. The molecule has 54 valence electrons. The number of carbonyl (C=O) groups is 1. The number of rotatable bonds is 1. The third kappa shape index (κ3) is 1.79. The molecule has 0 saturated heterocycles. The summed E-state index contributed by atoms with van der Waals surface area (Å²) in [7, 11) is 0. The zero-order valence-electron chi connectivity index (χ0n) is 5.70. The fourth-order valence-corrected chi connectivity index (χ4v) is 0.856. The molecule has 0 saturated carbocycles. The molecule has 3 heteroatoms. The second-order valence-corrected chi connectivity index (χ2v) is 2.23. The molecule has 0 fully saturated rings. The van der Waals surface area contributed by atoms with E-state index in [9.17, 15) is 4.79 Å². The highest BCUT2D eigenvalue weighted by Crippen LogP contribution is 2.12. The highest BCUT2D eigenvalue weighted by atomic mass is 16.5. The first-order chi connectivity index (χ1) is 4.68. The average molecular weight is 141 g/mol. The van der Waals surface area contributed by atoms with E-state index >= 15 is 0 Å². The zero-order valence-corrected chi connectivity index (χ0v) is 5.70. The minimum atomic E-state index is -0.496. The van der Waals surface area contributed by atoms with Crippen molar-refractivity contribution >= 4 is 5.97 Å². The first-order valence-corrected chi connectivity index (χ1v) is 3.13. The first-order valence-electron chi connectivity index (χ1n) is 3.13. The van der Waals surface area contributed by atoms with Crippen LogP contribution >= 0.6 is 0 Å². The van der Waals surface area contributed by atoms with Gasteiger partial charge in [-0.3, -0.25) is 4.79 Å². The topological polar surface area (TPSA) is 46.5 Å². The average Bonchev–Trinajstić information content (AvgIpc) is 2.13. The van der Waals surface area contributed by atoms with Crippen molar-refractivity contribution in [2.75, 3.05) is 0 Å². The van der Waals surface area contributed by atoms with Crippen LogP contribution in [0, 0.1) is 6.08 Å². The molecule has 0 aromatic rings. The molecule has 2 atom stereocenters. The number of aliphatic hydroxyl groups is 1. The number of ether oxygens (including phenoxy) is 1. The van der Waals surface area contributed by atoms with E-state index in [2.05, 4.69) is 6.08 Å². The van der Waals surface area contributed by atoms with Crippen LogP contribution < -0.4 is 0 Å². The van der Waals surface area contributed by atoms with E-state index in [0.29, 0.717) is 6.42 Å². The second kappa shape index (κ2) is 2.78. The molecule has 3 nitrogen and oxygen atoms in total. The quantitative estimate of drug-likeness (QED) is 0.414. The molecule has 1 rings (SSSR count). The van der Waals surface area contributed by atoms with Crippen LogP contribution in [-0.4, -0.2) is 23.3 Å². The molecule has 0 unspecified atom stereocenters. The minimum Gasteiger partial charge on any atom is -0.411 e. The van der Waals surface area contributed by atoms with Crippen LogP contribution in [0.4, 0.5) is 0 Å². The molecule has 0 aromatic carbocycles. The van der Waals surface area contributed by atoms with Crippen LogP contribution in [0.3, 0.4) is 0 Å². The predicted molar refractivity (Wildman–Crippen MR) is 34.0 cm³/mol. The first kappa shape index (κ1) is 7.19. The van der Waals surface area contributed by atoms with Crippen LogP contribution in [0.15, 0.2) is 6.08 Å². The summed E-state index contributed by atoms with van der Waals surface area (Å²) in [6, 6.07) is 0. The van der Waals surface area contributed by atoms with Crippen molar-refractivity contribution in [2.24, 2.45) is 0 Å². The summed E-state index contributed by atoms with van der Waals surface area (Å²) < 4.78 is 4.74. The molecule has 0 radical (unpaired) electrons. The lowest BCUT2D eigenvalue weighted by Gasteiger charge is -1.98. The third-order valence-electron chi connectivity index (χ3n) is 1.24. The van der Waals surface area contributed by atoms with E-state index in [4.69, 9.17) is 9.84 Å². The predicted octanol–water partition coefficient (Wildman–Crippen LogP) is 0.0421. The van der Waals surface area contributed by atoms with Crippen molar-refractivity contribution in [3.8, 4) is 0 Å². The maximum absolute atomic E-state index is 10.3. The second-order valence-electron chi connectivity index (χ2n) is 2.23. The fraction of sp³-hybridized carbons (Fsp3) is 0.571. The van der Waals surface area contributed by atoms with Crippen LogP contribution in [0.1, 0.15) is 13.3 Å². The number of aliphatic hydroxyl groups excluding tert-OH is 1. The maximum Gasteiger partial charge on any atom is 0.318 e. The molecule has 1 N–H and O–H groups in total. The van der Waals surface area contributed by atoms with Crippen LogP contribution in [0.2, 0.25) is 0 Å². The summed E-state index contributed by atoms with van der Waals surface area (Å²) in [5.41, 5.74) is 0. The van der Waals surface area contributed by atoms with Gasteiger partial charge < -0.3 is 9.84 Å². The fourth-order valence-electron chi connectivity index (χ4n) is 0.856. The van der Waals surface area contributed by atoms with Gasteiger partial charge in [-0.25, -0.2) is 0 Å². The normalized spacial score (nSPS) is 29.8. The molecular formula is C7H9O3+. The van der Waals surface area contributed by atoms with E-state index in [1.165, 1.54) is 13.0 Å². The van der Waals surface area contributed by atoms with Crippen LogP contribution in [0.5, 0.6) is 0 Å². The van der Waals surface area contributed by atoms with Gasteiger partial charge in [0.2, 0.25) is 0 Å². The Labute approximate surface area is 59.3 Å². The van der Waals surface area contributed by atoms with Gasteiger partial charge in [0.25, 0.3) is 6.08 Å². The number of esters is 1. The van der Waals surface area contributed by atoms with Gasteiger partial charge in [-0.05, 0) is 0 Å². The minimum absolute atomic E-state index is 0.333. The molecule has 0 amide bonds. The van der Waals surface area contributed by atoms with Gasteiger partial charge in [-0.1, -0.05) is 0 Å². The molecule has 10 heavy (non-hydrogen) atoms. The Morgan fingerprint density at radius 3 is 3.00 bits per heavy atom. The number of hydrogen-bond donors (Lipinski definition) is 1. The Morgan fingerprint density at radius 1 is 1.90 bits per heavy atom. The lowest BCUT2D eigenvalue weighted by molar-refractivity contribution is -0.144. The molecule has 1 aliphatic carbocycles. The molecule has 0 aromatic heterocycles. The lowest BCUT2D eigenvalue weighted by Crippen LogP contribution is -2.14. The Kier molecular flexibility index (Phi) is 2.00. The van der Waals surface area contributed by atoms with Gasteiger partial charge in [-0.2, -0.15) is 0 Å². The summed E-state index contributed by atoms with van der Waals surface area (Å²) in [6.45, 7) is 1.34. The van der Waals surface area contributed by atoms with Crippen molar-refractivity contribution in [1.29, 1.82) is 0 Å². The highest BCUT2D eigenvalue weighted by molar-refractivity contribution is 5.66. The van der Waals surface area contributed by atoms with Gasteiger partial charge in [-0.15, -0.1) is 0 Å². The van der Waals surface area contributed by atoms with E-state index in [1.807, 2.05) is 0 Å². The summed E-state index contributed by atoms with van der Waals surface area (Å²) in [5, 5.41) is 8.90. The molecule has 0 aliphatic heterocycles. The van der Waals surface area contributed by atoms with E-state index in [0.717, 1.165) is 0 Å². The van der Waals surface area contributed by atoms with Crippen molar-refractivity contribution in [1.82, 2.24) is 0 Å². The van der Waals surface area contributed by atoms with Gasteiger partial charge in [0.15, 0.2) is 6.08 Å². The maximum atomic E-state index is 10.3. The van der Waals surface area contributed by atoms with Crippen LogP contribution in [0.25, 0.3) is 0 Å². The van der Waals surface area contributed by atoms with Crippen molar-refractivity contribution in [2.45, 2.75) is 25.6 Å². The Hall–Kier alpha value is -0.920. The third-order valence-corrected chi connectivity index (χ3v) is 1.24. The highest BCUT2D eigenvalue weighted by Gasteiger charge is 2.31. The Morgan fingerprint density at radius 2 is 2.60 bits per heavy atom. The standard InChI is InChI=1S/C7H9O3/c1-5(8)10-7-3-2-6(9)4-7/h2,6-7,9H,4H2,1H3/q+1/t6-,7+/m0/s1. The van der Waals surface area contributed by atoms with Crippen LogP contribution in [-0.2, 0) is 9.53 Å².